The van der Waals surface area contributed by atoms with Crippen LogP contribution in [0.3, 0.4) is 0 Å². The zero-order chi connectivity index (χ0) is 24.7. The maximum absolute atomic E-state index is 13.4. The number of carbonyl (C=O) groups is 1. The number of aromatic nitrogens is 2. The van der Waals surface area contributed by atoms with Gasteiger partial charge in [-0.05, 0) is 30.7 Å². The molecule has 13 heteroatoms. The van der Waals surface area contributed by atoms with E-state index in [0.29, 0.717) is 33.8 Å². The Morgan fingerprint density at radius 3 is 2.97 bits per heavy atom. The Labute approximate surface area is 206 Å². The zero-order valence-electron chi connectivity index (χ0n) is 18.6. The molecule has 0 bridgehead atoms. The molecule has 2 unspecified atom stereocenters. The Morgan fingerprint density at radius 1 is 1.34 bits per heavy atom. The third-order valence-electron chi connectivity index (χ3n) is 6.32. The van der Waals surface area contributed by atoms with Gasteiger partial charge in [0.05, 0.1) is 18.3 Å². The first-order valence-electron chi connectivity index (χ1n) is 11.1. The molecule has 1 fully saturated rings. The molecule has 184 valence electrons. The maximum Gasteiger partial charge on any atom is 0.310 e. The number of aromatic amines is 1. The van der Waals surface area contributed by atoms with Gasteiger partial charge in [-0.25, -0.2) is 13.4 Å². The summed E-state index contributed by atoms with van der Waals surface area (Å²) in [5, 5.41) is 22.9. The van der Waals surface area contributed by atoms with Crippen LogP contribution in [0.2, 0.25) is 5.02 Å². The monoisotopic (exact) mass is 518 g/mol. The number of sulfonamides is 1. The number of amides is 1. The van der Waals surface area contributed by atoms with Crippen LogP contribution in [0.15, 0.2) is 33.7 Å². The van der Waals surface area contributed by atoms with Crippen molar-refractivity contribution >= 4 is 38.4 Å². The molecular formula is C22H23ClN6O5S. The minimum absolute atomic E-state index is 0.0343. The van der Waals surface area contributed by atoms with Crippen LogP contribution < -0.4 is 5.32 Å². The number of rotatable bonds is 5. The fourth-order valence-corrected chi connectivity index (χ4v) is 6.17. The molecular weight excluding hydrogens is 496 g/mol. The molecule has 1 aromatic carbocycles. The van der Waals surface area contributed by atoms with Crippen LogP contribution >= 0.6 is 11.6 Å². The summed E-state index contributed by atoms with van der Waals surface area (Å²) in [6, 6.07) is 8.15. The Balaban J connectivity index is 1.38. The van der Waals surface area contributed by atoms with Crippen LogP contribution in [0.4, 0.5) is 0 Å². The highest BCUT2D eigenvalue weighted by Crippen LogP contribution is 2.27. The molecule has 35 heavy (non-hydrogen) atoms. The summed E-state index contributed by atoms with van der Waals surface area (Å²) in [5.74, 6) is -0.0712. The number of nitrogens with zero attached hydrogens (tertiary/aromatic N) is 4. The van der Waals surface area contributed by atoms with Crippen molar-refractivity contribution in [2.75, 3.05) is 19.6 Å². The summed E-state index contributed by atoms with van der Waals surface area (Å²) < 4.78 is 33.8. The fraction of sp³-hybridized carbons (Fsp3) is 0.409. The van der Waals surface area contributed by atoms with Crippen molar-refractivity contribution in [2.45, 2.75) is 43.1 Å². The van der Waals surface area contributed by atoms with Gasteiger partial charge in [0.1, 0.15) is 17.0 Å². The fourth-order valence-electron chi connectivity index (χ4n) is 4.51. The first-order chi connectivity index (χ1) is 16.8. The van der Waals surface area contributed by atoms with Crippen molar-refractivity contribution in [3.63, 3.8) is 0 Å². The number of halogens is 1. The molecule has 2 aromatic heterocycles. The van der Waals surface area contributed by atoms with Crippen molar-refractivity contribution in [1.29, 1.82) is 5.26 Å². The quantitative estimate of drug-likeness (QED) is 0.459. The number of hydrogen-bond donors (Lipinski definition) is 3. The Morgan fingerprint density at radius 2 is 2.17 bits per heavy atom. The summed E-state index contributed by atoms with van der Waals surface area (Å²) in [6.07, 6.45) is -0.0673. The zero-order valence-corrected chi connectivity index (χ0v) is 20.1. The van der Waals surface area contributed by atoms with E-state index >= 15 is 0 Å². The molecule has 0 aliphatic carbocycles. The van der Waals surface area contributed by atoms with E-state index in [4.69, 9.17) is 21.3 Å². The van der Waals surface area contributed by atoms with E-state index in [1.165, 1.54) is 15.3 Å². The Hall–Kier alpha value is -2.95. The van der Waals surface area contributed by atoms with Gasteiger partial charge >= 0.3 is 5.91 Å². The SMILES string of the molecule is N#CCCC1CN(S(=O)(=O)c2cc3cc(Cl)ccc3[nH]2)CCN1C(=O)c1nc2c(o1)CNC(O)C2. The lowest BCUT2D eigenvalue weighted by Gasteiger charge is -2.39. The number of carbonyl (C=O) groups excluding carboxylic acids is 1. The average molecular weight is 519 g/mol. The number of aliphatic hydroxyl groups excluding tert-OH is 1. The van der Waals surface area contributed by atoms with Gasteiger partial charge in [0, 0.05) is 54.4 Å². The number of nitrogens with one attached hydrogen (secondary N) is 2. The molecule has 1 amide bonds. The van der Waals surface area contributed by atoms with E-state index in [2.05, 4.69) is 21.4 Å². The molecule has 4 heterocycles. The minimum atomic E-state index is -3.88. The number of piperazine rings is 1. The highest BCUT2D eigenvalue weighted by molar-refractivity contribution is 7.89. The third-order valence-corrected chi connectivity index (χ3v) is 8.34. The second-order valence-electron chi connectivity index (χ2n) is 8.57. The van der Waals surface area contributed by atoms with Crippen molar-refractivity contribution in [1.82, 2.24) is 24.5 Å². The number of hydrogen-bond acceptors (Lipinski definition) is 8. The lowest BCUT2D eigenvalue weighted by molar-refractivity contribution is 0.0511. The summed E-state index contributed by atoms with van der Waals surface area (Å²) in [5.41, 5.74) is 1.17. The van der Waals surface area contributed by atoms with Crippen LogP contribution in [0.5, 0.6) is 0 Å². The van der Waals surface area contributed by atoms with Gasteiger partial charge in [0.15, 0.2) is 0 Å². The molecule has 3 N–H and O–H groups in total. The van der Waals surface area contributed by atoms with Gasteiger partial charge < -0.3 is 19.4 Å². The number of benzene rings is 1. The van der Waals surface area contributed by atoms with Crippen LogP contribution in [-0.2, 0) is 23.0 Å². The molecule has 0 spiro atoms. The summed E-state index contributed by atoms with van der Waals surface area (Å²) in [4.78, 5) is 22.0. The lowest BCUT2D eigenvalue weighted by atomic mass is 10.1. The average Bonchev–Trinajstić information content (AvgIpc) is 3.46. The van der Waals surface area contributed by atoms with Gasteiger partial charge in [-0.15, -0.1) is 0 Å². The lowest BCUT2D eigenvalue weighted by Crippen LogP contribution is -2.56. The Bertz CT molecular complexity index is 1430. The summed E-state index contributed by atoms with van der Waals surface area (Å²) in [7, 11) is -3.88. The smallest absolute Gasteiger partial charge is 0.310 e. The Kier molecular flexibility index (Phi) is 6.29. The van der Waals surface area contributed by atoms with Crippen LogP contribution in [0, 0.1) is 11.3 Å². The van der Waals surface area contributed by atoms with Crippen LogP contribution in [0.1, 0.15) is 35.0 Å². The second kappa shape index (κ2) is 9.25. The molecule has 2 aliphatic rings. The van der Waals surface area contributed by atoms with E-state index in [1.807, 2.05) is 0 Å². The topological polar surface area (TPSA) is 156 Å². The van der Waals surface area contributed by atoms with Crippen LogP contribution in [-0.4, -0.2) is 70.5 Å². The highest BCUT2D eigenvalue weighted by atomic mass is 35.5. The highest BCUT2D eigenvalue weighted by Gasteiger charge is 2.39. The van der Waals surface area contributed by atoms with E-state index in [9.17, 15) is 18.3 Å². The van der Waals surface area contributed by atoms with Gasteiger partial charge in [0.2, 0.25) is 0 Å². The molecule has 11 nitrogen and oxygen atoms in total. The number of oxazole rings is 1. The van der Waals surface area contributed by atoms with Gasteiger partial charge in [0.25, 0.3) is 15.9 Å². The molecule has 0 radical (unpaired) electrons. The molecule has 2 aliphatic heterocycles. The molecule has 2 atom stereocenters. The van der Waals surface area contributed by atoms with E-state index in [0.717, 1.165) is 0 Å². The number of aliphatic hydroxyl groups is 1. The number of nitriles is 1. The minimum Gasteiger partial charge on any atom is -0.436 e. The predicted octanol–water partition coefficient (Wildman–Crippen LogP) is 1.59. The maximum atomic E-state index is 13.4. The first kappa shape index (κ1) is 23.8. The van der Waals surface area contributed by atoms with Gasteiger partial charge in [-0.2, -0.15) is 9.57 Å². The van der Waals surface area contributed by atoms with Crippen molar-refractivity contribution in [2.24, 2.45) is 0 Å². The standard InChI is InChI=1S/C22H23ClN6O5S/c23-14-3-4-16-13(8-14)9-20(26-16)35(32,33)28-6-7-29(15(12-28)2-1-5-24)22(31)21-27-17-10-19(30)25-11-18(17)34-21/h3-4,8-9,15,19,25-26,30H,1-2,6-7,10-12H2. The predicted molar refractivity (Wildman–Crippen MR) is 125 cm³/mol. The van der Waals surface area contributed by atoms with Gasteiger partial charge in [-0.1, -0.05) is 11.6 Å². The third kappa shape index (κ3) is 4.53. The van der Waals surface area contributed by atoms with Crippen molar-refractivity contribution in [3.05, 3.63) is 46.6 Å². The van der Waals surface area contributed by atoms with E-state index in [1.54, 1.807) is 18.2 Å². The normalized spacial score (nSPS) is 21.1. The van der Waals surface area contributed by atoms with E-state index in [-0.39, 0.29) is 49.9 Å². The molecule has 1 saturated heterocycles. The second-order valence-corrected chi connectivity index (χ2v) is 10.9. The molecule has 5 rings (SSSR count). The molecule has 0 saturated carbocycles. The summed E-state index contributed by atoms with van der Waals surface area (Å²) >= 11 is 6.03. The summed E-state index contributed by atoms with van der Waals surface area (Å²) in [6.45, 7) is 0.491. The van der Waals surface area contributed by atoms with Crippen molar-refractivity contribution in [3.8, 4) is 6.07 Å². The van der Waals surface area contributed by atoms with Gasteiger partial charge in [-0.3, -0.25) is 10.1 Å². The first-order valence-corrected chi connectivity index (χ1v) is 12.9. The number of fused-ring (bicyclic) bond motifs is 2. The van der Waals surface area contributed by atoms with E-state index < -0.39 is 28.2 Å². The molecule has 3 aromatic rings. The largest absolute Gasteiger partial charge is 0.436 e. The van der Waals surface area contributed by atoms with Crippen molar-refractivity contribution < 1.29 is 22.7 Å². The van der Waals surface area contributed by atoms with Crippen LogP contribution in [0.25, 0.3) is 10.9 Å². The number of H-pyrrole nitrogens is 1.